The lowest BCUT2D eigenvalue weighted by molar-refractivity contribution is 0.456. The largest absolute Gasteiger partial charge is 0.259 e. The fourth-order valence-electron chi connectivity index (χ4n) is 0.698. The Morgan fingerprint density at radius 1 is 1.67 bits per heavy atom. The maximum Gasteiger partial charge on any atom is 0.139 e. The van der Waals surface area contributed by atoms with Crippen molar-refractivity contribution in [2.24, 2.45) is 4.99 Å². The maximum absolute atomic E-state index is 12.6. The van der Waals surface area contributed by atoms with E-state index in [2.05, 4.69) is 18.5 Å². The van der Waals surface area contributed by atoms with E-state index in [-0.39, 0.29) is 0 Å². The zero-order chi connectivity index (χ0) is 9.40. The smallest absolute Gasteiger partial charge is 0.139 e. The van der Waals surface area contributed by atoms with E-state index < -0.39 is 6.17 Å². The summed E-state index contributed by atoms with van der Waals surface area (Å²) in [5.74, 6) is 0. The first-order valence-corrected chi connectivity index (χ1v) is 4.21. The van der Waals surface area contributed by atoms with E-state index in [1.54, 1.807) is 6.20 Å². The molecule has 1 nitrogen and oxygen atoms in total. The van der Waals surface area contributed by atoms with Gasteiger partial charge in [0, 0.05) is 6.20 Å². The van der Waals surface area contributed by atoms with Crippen LogP contribution in [0.4, 0.5) is 4.39 Å². The molecule has 0 bridgehead atoms. The van der Waals surface area contributed by atoms with Crippen molar-refractivity contribution in [2.45, 2.75) is 32.9 Å². The van der Waals surface area contributed by atoms with Gasteiger partial charge < -0.3 is 0 Å². The summed E-state index contributed by atoms with van der Waals surface area (Å²) < 4.78 is 12.6. The van der Waals surface area contributed by atoms with Crippen LogP contribution in [0, 0.1) is 0 Å². The molecule has 0 aromatic heterocycles. The number of hydrogen-bond donors (Lipinski definition) is 0. The molecular formula is C10H16FN. The summed E-state index contributed by atoms with van der Waals surface area (Å²) in [5, 5.41) is 0. The molecule has 0 aliphatic rings. The molecule has 0 rings (SSSR count). The van der Waals surface area contributed by atoms with Crippen LogP contribution < -0.4 is 0 Å². The number of unbranched alkanes of at least 4 members (excludes halogenated alkanes) is 1. The normalized spacial score (nSPS) is 15.1. The fraction of sp³-hybridized carbons (Fsp3) is 0.500. The van der Waals surface area contributed by atoms with E-state index in [1.807, 2.05) is 6.08 Å². The molecule has 0 fully saturated rings. The zero-order valence-electron chi connectivity index (χ0n) is 7.76. The van der Waals surface area contributed by atoms with Crippen LogP contribution in [-0.2, 0) is 0 Å². The van der Waals surface area contributed by atoms with Gasteiger partial charge in [-0.15, -0.1) is 0 Å². The number of halogens is 1. The molecule has 0 aliphatic carbocycles. The highest BCUT2D eigenvalue weighted by Crippen LogP contribution is 1.96. The molecule has 0 amide bonds. The van der Waals surface area contributed by atoms with Gasteiger partial charge in [-0.2, -0.15) is 0 Å². The van der Waals surface area contributed by atoms with Crippen LogP contribution >= 0.6 is 0 Å². The topological polar surface area (TPSA) is 12.4 Å². The molecule has 2 heteroatoms. The lowest BCUT2D eigenvalue weighted by Gasteiger charge is -1.97. The summed E-state index contributed by atoms with van der Waals surface area (Å²) in [5.41, 5.74) is 0.391. The number of rotatable bonds is 5. The molecule has 0 aromatic rings. The maximum atomic E-state index is 12.6. The highest BCUT2D eigenvalue weighted by Gasteiger charge is 2.01. The van der Waals surface area contributed by atoms with Gasteiger partial charge in [0.05, 0.1) is 5.71 Å². The van der Waals surface area contributed by atoms with Crippen LogP contribution in [-0.4, -0.2) is 11.9 Å². The number of alkyl halides is 1. The van der Waals surface area contributed by atoms with E-state index in [0.29, 0.717) is 5.71 Å². The first-order valence-electron chi connectivity index (χ1n) is 4.21. The van der Waals surface area contributed by atoms with Crippen LogP contribution in [0.5, 0.6) is 0 Å². The SMILES string of the molecule is C=C/C(=N\C=C/CCC)C(C)F. The van der Waals surface area contributed by atoms with Crippen molar-refractivity contribution in [3.63, 3.8) is 0 Å². The Balaban J connectivity index is 4.02. The molecule has 12 heavy (non-hydrogen) atoms. The molecule has 0 N–H and O–H groups in total. The Morgan fingerprint density at radius 2 is 2.33 bits per heavy atom. The first kappa shape index (κ1) is 11.1. The predicted octanol–water partition coefficient (Wildman–Crippen LogP) is 3.29. The minimum absolute atomic E-state index is 0.391. The lowest BCUT2D eigenvalue weighted by Crippen LogP contribution is -2.06. The number of nitrogens with zero attached hydrogens (tertiary/aromatic N) is 1. The second-order valence-corrected chi connectivity index (χ2v) is 2.55. The molecule has 0 saturated carbocycles. The third kappa shape index (κ3) is 4.83. The highest BCUT2D eigenvalue weighted by atomic mass is 19.1. The summed E-state index contributed by atoms with van der Waals surface area (Å²) >= 11 is 0. The minimum atomic E-state index is -1.03. The third-order valence-corrected chi connectivity index (χ3v) is 1.40. The van der Waals surface area contributed by atoms with Crippen LogP contribution in [0.1, 0.15) is 26.7 Å². The number of allylic oxidation sites excluding steroid dienone is 2. The summed E-state index contributed by atoms with van der Waals surface area (Å²) in [6.45, 7) is 7.01. The van der Waals surface area contributed by atoms with E-state index in [0.717, 1.165) is 12.8 Å². The van der Waals surface area contributed by atoms with Gasteiger partial charge in [0.15, 0.2) is 0 Å². The van der Waals surface area contributed by atoms with E-state index in [1.165, 1.54) is 13.0 Å². The molecule has 68 valence electrons. The molecule has 0 spiro atoms. The second-order valence-electron chi connectivity index (χ2n) is 2.55. The van der Waals surface area contributed by atoms with Crippen molar-refractivity contribution in [1.82, 2.24) is 0 Å². The Hall–Kier alpha value is -0.920. The van der Waals surface area contributed by atoms with E-state index >= 15 is 0 Å². The first-order chi connectivity index (χ1) is 5.72. The summed E-state index contributed by atoms with van der Waals surface area (Å²) in [6, 6.07) is 0. The van der Waals surface area contributed by atoms with Gasteiger partial charge in [-0.3, -0.25) is 4.99 Å². The van der Waals surface area contributed by atoms with Crippen molar-refractivity contribution in [3.8, 4) is 0 Å². The van der Waals surface area contributed by atoms with Crippen molar-refractivity contribution in [2.75, 3.05) is 0 Å². The molecule has 1 unspecified atom stereocenters. The van der Waals surface area contributed by atoms with Crippen molar-refractivity contribution < 1.29 is 4.39 Å². The Bertz CT molecular complexity index is 180. The van der Waals surface area contributed by atoms with Crippen molar-refractivity contribution >= 4 is 5.71 Å². The summed E-state index contributed by atoms with van der Waals surface area (Å²) in [7, 11) is 0. The van der Waals surface area contributed by atoms with Gasteiger partial charge in [0.1, 0.15) is 6.17 Å². The van der Waals surface area contributed by atoms with Gasteiger partial charge >= 0.3 is 0 Å². The van der Waals surface area contributed by atoms with Gasteiger partial charge in [0.2, 0.25) is 0 Å². The average Bonchev–Trinajstić information content (AvgIpc) is 2.04. The number of hydrogen-bond acceptors (Lipinski definition) is 1. The second kappa shape index (κ2) is 6.77. The van der Waals surface area contributed by atoms with Gasteiger partial charge in [-0.25, -0.2) is 4.39 Å². The van der Waals surface area contributed by atoms with Crippen LogP contribution in [0.2, 0.25) is 0 Å². The van der Waals surface area contributed by atoms with Crippen LogP contribution in [0.25, 0.3) is 0 Å². The standard InChI is InChI=1S/C10H16FN/c1-4-6-7-8-12-10(5-2)9(3)11/h5,7-9H,2,4,6H2,1,3H3/b8-7-,12-10+. The Morgan fingerprint density at radius 3 is 2.75 bits per heavy atom. The van der Waals surface area contributed by atoms with Crippen molar-refractivity contribution in [3.05, 3.63) is 24.9 Å². The van der Waals surface area contributed by atoms with Gasteiger partial charge in [-0.1, -0.05) is 26.0 Å². The molecule has 0 aromatic carbocycles. The van der Waals surface area contributed by atoms with Crippen LogP contribution in [0.15, 0.2) is 29.9 Å². The van der Waals surface area contributed by atoms with Gasteiger partial charge in [0.25, 0.3) is 0 Å². The average molecular weight is 169 g/mol. The monoisotopic (exact) mass is 169 g/mol. The van der Waals surface area contributed by atoms with E-state index in [9.17, 15) is 4.39 Å². The molecule has 0 saturated heterocycles. The Labute approximate surface area is 73.7 Å². The minimum Gasteiger partial charge on any atom is -0.259 e. The fourth-order valence-corrected chi connectivity index (χ4v) is 0.698. The quantitative estimate of drug-likeness (QED) is 0.560. The highest BCUT2D eigenvalue weighted by molar-refractivity contribution is 5.98. The molecular weight excluding hydrogens is 153 g/mol. The molecule has 0 radical (unpaired) electrons. The van der Waals surface area contributed by atoms with Gasteiger partial charge in [-0.05, 0) is 19.4 Å². The summed E-state index contributed by atoms with van der Waals surface area (Å²) in [4.78, 5) is 3.92. The van der Waals surface area contributed by atoms with E-state index in [4.69, 9.17) is 0 Å². The molecule has 1 atom stereocenters. The summed E-state index contributed by atoms with van der Waals surface area (Å²) in [6.07, 6.45) is 6.03. The van der Waals surface area contributed by atoms with Crippen molar-refractivity contribution in [1.29, 1.82) is 0 Å². The number of aliphatic imine (C=N–C) groups is 1. The zero-order valence-corrected chi connectivity index (χ0v) is 7.76. The van der Waals surface area contributed by atoms with Crippen LogP contribution in [0.3, 0.4) is 0 Å². The third-order valence-electron chi connectivity index (χ3n) is 1.40. The predicted molar refractivity (Wildman–Crippen MR) is 52.3 cm³/mol. The Kier molecular flexibility index (Phi) is 6.25. The molecule has 0 aliphatic heterocycles. The lowest BCUT2D eigenvalue weighted by atomic mass is 10.2. The molecule has 0 heterocycles.